The second-order valence-corrected chi connectivity index (χ2v) is 6.46. The van der Waals surface area contributed by atoms with Crippen LogP contribution in [0.3, 0.4) is 0 Å². The molecule has 1 aliphatic rings. The molecule has 1 fully saturated rings. The monoisotopic (exact) mass is 263 g/mol. The van der Waals surface area contributed by atoms with E-state index in [9.17, 15) is 4.79 Å². The molecular weight excluding hydrogens is 238 g/mol. The minimum atomic E-state index is -0.428. The van der Waals surface area contributed by atoms with Gasteiger partial charge in [-0.1, -0.05) is 19.3 Å². The number of rotatable bonds is 5. The van der Waals surface area contributed by atoms with Crippen molar-refractivity contribution in [2.24, 2.45) is 5.73 Å². The minimum absolute atomic E-state index is 0.168. The maximum atomic E-state index is 11.9. The smallest absolute Gasteiger partial charge is 0.140 e. The molecule has 2 N–H and O–H groups in total. The van der Waals surface area contributed by atoms with Crippen LogP contribution in [0.5, 0.6) is 0 Å². The zero-order valence-corrected chi connectivity index (χ0v) is 12.1. The standard InChI is InChI=1S/C15H25N3O/c1-15(2,16)11-14(19)10-12-8-9-18(17-12)13-6-4-3-5-7-13/h8-9,13H,3-7,10-11,16H2,1-2H3. The molecule has 2 rings (SSSR count). The summed E-state index contributed by atoms with van der Waals surface area (Å²) in [7, 11) is 0. The summed E-state index contributed by atoms with van der Waals surface area (Å²) in [4.78, 5) is 11.9. The van der Waals surface area contributed by atoms with Crippen LogP contribution in [0.4, 0.5) is 0 Å². The van der Waals surface area contributed by atoms with E-state index in [4.69, 9.17) is 5.73 Å². The van der Waals surface area contributed by atoms with Gasteiger partial charge < -0.3 is 5.73 Å². The molecule has 0 aromatic carbocycles. The lowest BCUT2D eigenvalue weighted by Gasteiger charge is -2.21. The van der Waals surface area contributed by atoms with Crippen molar-refractivity contribution in [1.29, 1.82) is 0 Å². The average molecular weight is 263 g/mol. The van der Waals surface area contributed by atoms with Crippen LogP contribution < -0.4 is 5.73 Å². The van der Waals surface area contributed by atoms with Gasteiger partial charge in [0.1, 0.15) is 5.78 Å². The number of ketones is 1. The highest BCUT2D eigenvalue weighted by molar-refractivity contribution is 5.81. The molecule has 0 radical (unpaired) electrons. The lowest BCUT2D eigenvalue weighted by molar-refractivity contribution is -0.119. The Bertz CT molecular complexity index is 425. The molecule has 0 spiro atoms. The Morgan fingerprint density at radius 2 is 2.11 bits per heavy atom. The highest BCUT2D eigenvalue weighted by Gasteiger charge is 2.19. The highest BCUT2D eigenvalue weighted by Crippen LogP contribution is 2.27. The van der Waals surface area contributed by atoms with E-state index in [-0.39, 0.29) is 5.78 Å². The summed E-state index contributed by atoms with van der Waals surface area (Å²) in [6.45, 7) is 3.76. The van der Waals surface area contributed by atoms with Gasteiger partial charge in [0.05, 0.1) is 18.2 Å². The first-order valence-electron chi connectivity index (χ1n) is 7.29. The van der Waals surface area contributed by atoms with Crippen LogP contribution in [0.2, 0.25) is 0 Å². The molecule has 1 aromatic rings. The number of carbonyl (C=O) groups is 1. The molecular formula is C15H25N3O. The lowest BCUT2D eigenvalue weighted by Crippen LogP contribution is -2.35. The predicted molar refractivity (Wildman–Crippen MR) is 75.9 cm³/mol. The van der Waals surface area contributed by atoms with Gasteiger partial charge in [-0.15, -0.1) is 0 Å². The van der Waals surface area contributed by atoms with E-state index in [2.05, 4.69) is 9.78 Å². The molecule has 0 saturated heterocycles. The maximum Gasteiger partial charge on any atom is 0.140 e. The van der Waals surface area contributed by atoms with Gasteiger partial charge >= 0.3 is 0 Å². The number of nitrogens with two attached hydrogens (primary N) is 1. The summed E-state index contributed by atoms with van der Waals surface area (Å²) in [5, 5.41) is 4.56. The van der Waals surface area contributed by atoms with Gasteiger partial charge in [-0.05, 0) is 32.8 Å². The minimum Gasteiger partial charge on any atom is -0.325 e. The summed E-state index contributed by atoms with van der Waals surface area (Å²) in [6, 6.07) is 2.50. The van der Waals surface area contributed by atoms with Crippen LogP contribution in [0.1, 0.15) is 64.1 Å². The molecule has 106 valence electrons. The van der Waals surface area contributed by atoms with Gasteiger partial charge in [0.15, 0.2) is 0 Å². The van der Waals surface area contributed by atoms with Gasteiger partial charge in [0.25, 0.3) is 0 Å². The SMILES string of the molecule is CC(C)(N)CC(=O)Cc1ccn(C2CCCCC2)n1. The van der Waals surface area contributed by atoms with Crippen LogP contribution in [0.25, 0.3) is 0 Å². The Morgan fingerprint density at radius 3 is 2.74 bits per heavy atom. The topological polar surface area (TPSA) is 60.9 Å². The van der Waals surface area contributed by atoms with Crippen LogP contribution in [-0.4, -0.2) is 21.1 Å². The fourth-order valence-corrected chi connectivity index (χ4v) is 2.79. The fraction of sp³-hybridized carbons (Fsp3) is 0.733. The zero-order chi connectivity index (χ0) is 13.9. The molecule has 19 heavy (non-hydrogen) atoms. The van der Waals surface area contributed by atoms with Crippen molar-refractivity contribution in [3.05, 3.63) is 18.0 Å². The van der Waals surface area contributed by atoms with Crippen molar-refractivity contribution >= 4 is 5.78 Å². The van der Waals surface area contributed by atoms with Gasteiger partial charge in [0, 0.05) is 18.2 Å². The molecule has 1 saturated carbocycles. The summed E-state index contributed by atoms with van der Waals surface area (Å²) in [6.07, 6.45) is 9.18. The number of Topliss-reactive ketones (excluding diaryl/α,β-unsaturated/α-hetero) is 1. The Kier molecular flexibility index (Phi) is 4.40. The molecule has 0 bridgehead atoms. The van der Waals surface area contributed by atoms with Crippen molar-refractivity contribution in [1.82, 2.24) is 9.78 Å². The zero-order valence-electron chi connectivity index (χ0n) is 12.1. The van der Waals surface area contributed by atoms with E-state index in [1.165, 1.54) is 32.1 Å². The van der Waals surface area contributed by atoms with Gasteiger partial charge in [-0.25, -0.2) is 0 Å². The number of hydrogen-bond donors (Lipinski definition) is 1. The van der Waals surface area contributed by atoms with Crippen molar-refractivity contribution < 1.29 is 4.79 Å². The molecule has 1 aliphatic carbocycles. The molecule has 1 aromatic heterocycles. The summed E-state index contributed by atoms with van der Waals surface area (Å²) in [5.41, 5.74) is 6.31. The third-order valence-electron chi connectivity index (χ3n) is 3.64. The number of nitrogens with zero attached hydrogens (tertiary/aromatic N) is 2. The summed E-state index contributed by atoms with van der Waals surface area (Å²) in [5.74, 6) is 0.168. The molecule has 4 heteroatoms. The van der Waals surface area contributed by atoms with Gasteiger partial charge in [-0.3, -0.25) is 9.48 Å². The van der Waals surface area contributed by atoms with E-state index in [1.807, 2.05) is 26.1 Å². The molecule has 0 unspecified atom stereocenters. The second-order valence-electron chi connectivity index (χ2n) is 6.46. The van der Waals surface area contributed by atoms with Crippen LogP contribution >= 0.6 is 0 Å². The normalized spacial score (nSPS) is 17.6. The number of aromatic nitrogens is 2. The van der Waals surface area contributed by atoms with E-state index in [0.29, 0.717) is 18.9 Å². The van der Waals surface area contributed by atoms with Crippen molar-refractivity contribution in [2.75, 3.05) is 0 Å². The van der Waals surface area contributed by atoms with E-state index in [1.54, 1.807) is 0 Å². The van der Waals surface area contributed by atoms with Gasteiger partial charge in [0.2, 0.25) is 0 Å². The van der Waals surface area contributed by atoms with Gasteiger partial charge in [-0.2, -0.15) is 5.10 Å². The first-order valence-corrected chi connectivity index (χ1v) is 7.29. The summed E-state index contributed by atoms with van der Waals surface area (Å²) >= 11 is 0. The molecule has 1 heterocycles. The molecule has 4 nitrogen and oxygen atoms in total. The predicted octanol–water partition coefficient (Wildman–Crippen LogP) is 2.63. The largest absolute Gasteiger partial charge is 0.325 e. The third-order valence-corrected chi connectivity index (χ3v) is 3.64. The quantitative estimate of drug-likeness (QED) is 0.888. The van der Waals surface area contributed by atoms with Crippen LogP contribution in [-0.2, 0) is 11.2 Å². The maximum absolute atomic E-state index is 11.9. The van der Waals surface area contributed by atoms with Crippen LogP contribution in [0, 0.1) is 0 Å². The van der Waals surface area contributed by atoms with E-state index >= 15 is 0 Å². The fourth-order valence-electron chi connectivity index (χ4n) is 2.79. The number of hydrogen-bond acceptors (Lipinski definition) is 3. The van der Waals surface area contributed by atoms with E-state index in [0.717, 1.165) is 5.69 Å². The van der Waals surface area contributed by atoms with Crippen molar-refractivity contribution in [2.45, 2.75) is 70.4 Å². The average Bonchev–Trinajstić information content (AvgIpc) is 2.76. The Morgan fingerprint density at radius 1 is 1.42 bits per heavy atom. The first-order chi connectivity index (χ1) is 8.94. The van der Waals surface area contributed by atoms with E-state index < -0.39 is 5.54 Å². The Hall–Kier alpha value is -1.16. The van der Waals surface area contributed by atoms with Crippen LogP contribution in [0.15, 0.2) is 12.3 Å². The summed E-state index contributed by atoms with van der Waals surface area (Å²) < 4.78 is 2.05. The van der Waals surface area contributed by atoms with Crippen molar-refractivity contribution in [3.63, 3.8) is 0 Å². The first kappa shape index (κ1) is 14.3. The van der Waals surface area contributed by atoms with Crippen molar-refractivity contribution in [3.8, 4) is 0 Å². The molecule has 0 aliphatic heterocycles. The molecule has 0 amide bonds. The highest BCUT2D eigenvalue weighted by atomic mass is 16.1. The molecule has 0 atom stereocenters. The lowest BCUT2D eigenvalue weighted by atomic mass is 9.96. The third kappa shape index (κ3) is 4.46. The Labute approximate surface area is 115 Å². The number of carbonyl (C=O) groups excluding carboxylic acids is 1. The second kappa shape index (κ2) is 5.87. The Balaban J connectivity index is 1.91.